The average molecular weight is 153 g/mol. The molecule has 0 fully saturated rings. The number of nitrogens with two attached hydrogens (primary N) is 1. The predicted octanol–water partition coefficient (Wildman–Crippen LogP) is 2.33. The van der Waals surface area contributed by atoms with Crippen molar-refractivity contribution in [2.24, 2.45) is 0 Å². The van der Waals surface area contributed by atoms with E-state index in [1.807, 2.05) is 13.8 Å². The second-order valence-electron chi connectivity index (χ2n) is 2.84. The number of hydrogen-bond donors (Lipinski definition) is 1. The van der Waals surface area contributed by atoms with Crippen molar-refractivity contribution >= 4 is 5.69 Å². The number of rotatable bonds is 0. The Labute approximate surface area is 66.0 Å². The van der Waals surface area contributed by atoms with Crippen molar-refractivity contribution in [3.8, 4) is 0 Å². The van der Waals surface area contributed by atoms with Crippen LogP contribution < -0.4 is 5.73 Å². The molecule has 1 aromatic carbocycles. The fourth-order valence-electron chi connectivity index (χ4n) is 1.05. The van der Waals surface area contributed by atoms with Crippen molar-refractivity contribution in [2.75, 3.05) is 5.73 Å². The van der Waals surface area contributed by atoms with Gasteiger partial charge in [0.1, 0.15) is 5.82 Å². The van der Waals surface area contributed by atoms with Crippen LogP contribution in [-0.4, -0.2) is 0 Å². The van der Waals surface area contributed by atoms with Gasteiger partial charge in [-0.15, -0.1) is 0 Å². The van der Waals surface area contributed by atoms with Crippen LogP contribution in [0.5, 0.6) is 0 Å². The second-order valence-corrected chi connectivity index (χ2v) is 2.84. The molecule has 0 aromatic heterocycles. The summed E-state index contributed by atoms with van der Waals surface area (Å²) in [6.07, 6.45) is 0. The van der Waals surface area contributed by atoms with Gasteiger partial charge in [0.25, 0.3) is 0 Å². The number of nitrogen functional groups attached to an aromatic ring is 1. The fourth-order valence-corrected chi connectivity index (χ4v) is 1.05. The van der Waals surface area contributed by atoms with Crippen molar-refractivity contribution in [1.29, 1.82) is 0 Å². The molecule has 1 aromatic rings. The SMILES string of the molecule is Cc1cc(F)c(C)c(C)c1N. The Morgan fingerprint density at radius 1 is 1.18 bits per heavy atom. The molecule has 0 saturated heterocycles. The summed E-state index contributed by atoms with van der Waals surface area (Å²) in [5.41, 5.74) is 8.69. The van der Waals surface area contributed by atoms with E-state index >= 15 is 0 Å². The lowest BCUT2D eigenvalue weighted by Crippen LogP contribution is -1.98. The first-order valence-corrected chi connectivity index (χ1v) is 3.56. The smallest absolute Gasteiger partial charge is 0.126 e. The van der Waals surface area contributed by atoms with Gasteiger partial charge in [-0.25, -0.2) is 4.39 Å². The lowest BCUT2D eigenvalue weighted by atomic mass is 10.0. The zero-order chi connectivity index (χ0) is 8.59. The standard InChI is InChI=1S/C9H12FN/c1-5-4-8(10)6(2)7(3)9(5)11/h4H,11H2,1-3H3. The van der Waals surface area contributed by atoms with Gasteiger partial charge in [0.15, 0.2) is 0 Å². The van der Waals surface area contributed by atoms with E-state index in [4.69, 9.17) is 5.73 Å². The molecule has 0 spiro atoms. The summed E-state index contributed by atoms with van der Waals surface area (Å²) < 4.78 is 13.0. The summed E-state index contributed by atoms with van der Waals surface area (Å²) in [6.45, 7) is 5.38. The molecule has 2 heteroatoms. The first-order valence-electron chi connectivity index (χ1n) is 3.56. The molecule has 0 aliphatic rings. The van der Waals surface area contributed by atoms with Crippen molar-refractivity contribution in [2.45, 2.75) is 20.8 Å². The van der Waals surface area contributed by atoms with Gasteiger partial charge >= 0.3 is 0 Å². The third-order valence-corrected chi connectivity index (χ3v) is 2.09. The van der Waals surface area contributed by atoms with E-state index in [0.717, 1.165) is 11.1 Å². The summed E-state index contributed by atoms with van der Waals surface area (Å²) in [5.74, 6) is -0.172. The minimum Gasteiger partial charge on any atom is -0.398 e. The quantitative estimate of drug-likeness (QED) is 0.569. The third kappa shape index (κ3) is 1.20. The third-order valence-electron chi connectivity index (χ3n) is 2.09. The van der Waals surface area contributed by atoms with Gasteiger partial charge in [-0.1, -0.05) is 0 Å². The van der Waals surface area contributed by atoms with Crippen LogP contribution in [0.3, 0.4) is 0 Å². The normalized spacial score (nSPS) is 10.2. The Morgan fingerprint density at radius 3 is 2.27 bits per heavy atom. The molecule has 0 atom stereocenters. The van der Waals surface area contributed by atoms with Gasteiger partial charge in [0, 0.05) is 5.69 Å². The Kier molecular flexibility index (Phi) is 1.85. The highest BCUT2D eigenvalue weighted by atomic mass is 19.1. The van der Waals surface area contributed by atoms with E-state index in [1.165, 1.54) is 6.07 Å². The highest BCUT2D eigenvalue weighted by Crippen LogP contribution is 2.22. The topological polar surface area (TPSA) is 26.0 Å². The van der Waals surface area contributed by atoms with Crippen molar-refractivity contribution in [3.63, 3.8) is 0 Å². The van der Waals surface area contributed by atoms with E-state index in [1.54, 1.807) is 6.92 Å². The number of hydrogen-bond acceptors (Lipinski definition) is 1. The number of benzene rings is 1. The highest BCUT2D eigenvalue weighted by Gasteiger charge is 2.05. The first kappa shape index (κ1) is 8.05. The minimum atomic E-state index is -0.172. The largest absolute Gasteiger partial charge is 0.398 e. The predicted molar refractivity (Wildman–Crippen MR) is 45.0 cm³/mol. The maximum absolute atomic E-state index is 13.0. The van der Waals surface area contributed by atoms with Crippen LogP contribution in [0, 0.1) is 26.6 Å². The van der Waals surface area contributed by atoms with Crippen molar-refractivity contribution < 1.29 is 4.39 Å². The van der Waals surface area contributed by atoms with Gasteiger partial charge in [0.2, 0.25) is 0 Å². The summed E-state index contributed by atoms with van der Waals surface area (Å²) in [7, 11) is 0. The molecule has 1 nitrogen and oxygen atoms in total. The Balaban J connectivity index is 3.46. The van der Waals surface area contributed by atoms with Crippen LogP contribution in [0.25, 0.3) is 0 Å². The molecule has 0 aliphatic heterocycles. The number of aryl methyl sites for hydroxylation is 1. The number of anilines is 1. The monoisotopic (exact) mass is 153 g/mol. The van der Waals surface area contributed by atoms with E-state index in [2.05, 4.69) is 0 Å². The lowest BCUT2D eigenvalue weighted by Gasteiger charge is -2.07. The molecule has 60 valence electrons. The Morgan fingerprint density at radius 2 is 1.73 bits per heavy atom. The maximum atomic E-state index is 13.0. The van der Waals surface area contributed by atoms with Gasteiger partial charge in [-0.3, -0.25) is 0 Å². The second kappa shape index (κ2) is 2.53. The zero-order valence-corrected chi connectivity index (χ0v) is 7.03. The first-order chi connectivity index (χ1) is 5.04. The zero-order valence-electron chi connectivity index (χ0n) is 7.03. The highest BCUT2D eigenvalue weighted by molar-refractivity contribution is 5.55. The molecule has 0 amide bonds. The van der Waals surface area contributed by atoms with E-state index in [-0.39, 0.29) is 5.82 Å². The summed E-state index contributed by atoms with van der Waals surface area (Å²) in [6, 6.07) is 1.47. The van der Waals surface area contributed by atoms with Crippen LogP contribution in [0.15, 0.2) is 6.07 Å². The molecule has 0 unspecified atom stereocenters. The maximum Gasteiger partial charge on any atom is 0.126 e. The van der Waals surface area contributed by atoms with Crippen LogP contribution in [0.2, 0.25) is 0 Å². The van der Waals surface area contributed by atoms with Crippen LogP contribution >= 0.6 is 0 Å². The molecule has 0 radical (unpaired) electrons. The average Bonchev–Trinajstić information content (AvgIpc) is 1.97. The Hall–Kier alpha value is -1.05. The summed E-state index contributed by atoms with van der Waals surface area (Å²) in [4.78, 5) is 0. The van der Waals surface area contributed by atoms with Gasteiger partial charge in [-0.2, -0.15) is 0 Å². The lowest BCUT2D eigenvalue weighted by molar-refractivity contribution is 0.616. The molecule has 2 N–H and O–H groups in total. The summed E-state index contributed by atoms with van der Waals surface area (Å²) >= 11 is 0. The molecule has 0 saturated carbocycles. The minimum absolute atomic E-state index is 0.172. The van der Waals surface area contributed by atoms with Gasteiger partial charge < -0.3 is 5.73 Å². The molecule has 1 rings (SSSR count). The van der Waals surface area contributed by atoms with E-state index < -0.39 is 0 Å². The van der Waals surface area contributed by atoms with Crippen molar-refractivity contribution in [1.82, 2.24) is 0 Å². The van der Waals surface area contributed by atoms with E-state index in [9.17, 15) is 4.39 Å². The van der Waals surface area contributed by atoms with Gasteiger partial charge in [0.05, 0.1) is 0 Å². The molecule has 0 heterocycles. The van der Waals surface area contributed by atoms with Crippen LogP contribution in [-0.2, 0) is 0 Å². The molecule has 0 aliphatic carbocycles. The molecule has 11 heavy (non-hydrogen) atoms. The Bertz CT molecular complexity index is 266. The van der Waals surface area contributed by atoms with Crippen molar-refractivity contribution in [3.05, 3.63) is 28.6 Å². The summed E-state index contributed by atoms with van der Waals surface area (Å²) in [5, 5.41) is 0. The van der Waals surface area contributed by atoms with Gasteiger partial charge in [-0.05, 0) is 43.5 Å². The number of halogens is 1. The fraction of sp³-hybridized carbons (Fsp3) is 0.333. The molecular weight excluding hydrogens is 141 g/mol. The van der Waals surface area contributed by atoms with Crippen LogP contribution in [0.1, 0.15) is 16.7 Å². The molecular formula is C9H12FN. The van der Waals surface area contributed by atoms with E-state index in [0.29, 0.717) is 11.3 Å². The van der Waals surface area contributed by atoms with Crippen LogP contribution in [0.4, 0.5) is 10.1 Å². The molecule has 0 bridgehead atoms.